The molecule has 1 saturated heterocycles. The Morgan fingerprint density at radius 1 is 0.500 bits per heavy atom. The number of rotatable bonds is 50. The van der Waals surface area contributed by atoms with Crippen molar-refractivity contribution in [2.45, 2.75) is 326 Å². The zero-order valence-electron chi connectivity index (χ0n) is 44.2. The Hall–Kier alpha value is -1.38. The molecular formula is C56H111N3O9. The smallest absolute Gasteiger partial charge is 0.220 e. The summed E-state index contributed by atoms with van der Waals surface area (Å²) in [5.41, 5.74) is 5.54. The molecule has 9 N–H and O–H groups in total. The van der Waals surface area contributed by atoms with Gasteiger partial charge in [-0.25, -0.2) is 0 Å². The van der Waals surface area contributed by atoms with Crippen molar-refractivity contribution >= 4 is 11.8 Å². The van der Waals surface area contributed by atoms with Gasteiger partial charge in [-0.2, -0.15) is 0 Å². The molecule has 1 heterocycles. The number of aliphatic hydroxyl groups excluding tert-OH is 5. The summed E-state index contributed by atoms with van der Waals surface area (Å²) in [7, 11) is 0. The van der Waals surface area contributed by atoms with Crippen molar-refractivity contribution in [3.05, 3.63) is 0 Å². The summed E-state index contributed by atoms with van der Waals surface area (Å²) >= 11 is 0. The van der Waals surface area contributed by atoms with Gasteiger partial charge in [0.15, 0.2) is 6.29 Å². The van der Waals surface area contributed by atoms with Crippen molar-refractivity contribution < 1.29 is 44.6 Å². The third-order valence-electron chi connectivity index (χ3n) is 14.2. The first-order valence-electron chi connectivity index (χ1n) is 29.1. The molecule has 1 aliphatic heterocycles. The Balaban J connectivity index is 2.45. The number of nitrogens with two attached hydrogens (primary N) is 1. The minimum Gasteiger partial charge on any atom is -0.390 e. The maximum atomic E-state index is 13.2. The molecule has 2 amide bonds. The molecule has 6 unspecified atom stereocenters. The van der Waals surface area contributed by atoms with Crippen molar-refractivity contribution in [3.8, 4) is 0 Å². The van der Waals surface area contributed by atoms with Crippen LogP contribution in [-0.4, -0.2) is 106 Å². The monoisotopic (exact) mass is 970 g/mol. The van der Waals surface area contributed by atoms with Crippen LogP contribution in [0.25, 0.3) is 0 Å². The van der Waals surface area contributed by atoms with Gasteiger partial charge >= 0.3 is 0 Å². The number of unbranched alkanes of at least 4 members (excludes halogenated alkanes) is 35. The summed E-state index contributed by atoms with van der Waals surface area (Å²) in [5.74, 6) is -0.490. The highest BCUT2D eigenvalue weighted by molar-refractivity contribution is 5.76. The van der Waals surface area contributed by atoms with E-state index in [0.717, 1.165) is 57.8 Å². The third kappa shape index (κ3) is 35.7. The number of ether oxygens (including phenoxy) is 2. The predicted octanol–water partition coefficient (Wildman–Crippen LogP) is 11.1. The van der Waals surface area contributed by atoms with E-state index in [-0.39, 0.29) is 37.8 Å². The van der Waals surface area contributed by atoms with Crippen LogP contribution in [0.5, 0.6) is 0 Å². The first kappa shape index (κ1) is 64.6. The number of aliphatic hydroxyl groups is 5. The second kappa shape index (κ2) is 46.7. The lowest BCUT2D eigenvalue weighted by Gasteiger charge is -2.41. The molecule has 0 aliphatic carbocycles. The van der Waals surface area contributed by atoms with Gasteiger partial charge in [0.05, 0.1) is 18.8 Å². The Kier molecular flexibility index (Phi) is 44.4. The van der Waals surface area contributed by atoms with E-state index in [1.54, 1.807) is 0 Å². The van der Waals surface area contributed by atoms with Crippen LogP contribution in [0.2, 0.25) is 0 Å². The van der Waals surface area contributed by atoms with Crippen molar-refractivity contribution in [2.75, 3.05) is 19.7 Å². The minimum absolute atomic E-state index is 0.110. The highest BCUT2D eigenvalue weighted by Gasteiger charge is 2.45. The predicted molar refractivity (Wildman–Crippen MR) is 279 cm³/mol. The number of hydrogen-bond acceptors (Lipinski definition) is 10. The first-order chi connectivity index (χ1) is 33.2. The van der Waals surface area contributed by atoms with E-state index in [2.05, 4.69) is 24.5 Å². The second-order valence-corrected chi connectivity index (χ2v) is 20.7. The van der Waals surface area contributed by atoms with E-state index >= 15 is 0 Å². The molecule has 0 bridgehead atoms. The quantitative estimate of drug-likeness (QED) is 0.0271. The molecule has 68 heavy (non-hydrogen) atoms. The summed E-state index contributed by atoms with van der Waals surface area (Å²) in [6.07, 6.45) is 37.8. The van der Waals surface area contributed by atoms with Gasteiger partial charge in [-0.3, -0.25) is 9.59 Å². The lowest BCUT2D eigenvalue weighted by Crippen LogP contribution is -2.61. The van der Waals surface area contributed by atoms with E-state index in [0.29, 0.717) is 25.8 Å². The molecule has 0 aromatic rings. The number of nitrogens with one attached hydrogen (secondary N) is 2. The molecule has 0 spiro atoms. The molecule has 8 atom stereocenters. The summed E-state index contributed by atoms with van der Waals surface area (Å²) in [5, 5.41) is 60.1. The number of carbonyl (C=O) groups is 2. The van der Waals surface area contributed by atoms with Crippen LogP contribution >= 0.6 is 0 Å². The van der Waals surface area contributed by atoms with Gasteiger partial charge in [-0.15, -0.1) is 0 Å². The summed E-state index contributed by atoms with van der Waals surface area (Å²) in [6.45, 7) is 4.66. The third-order valence-corrected chi connectivity index (χ3v) is 14.2. The zero-order valence-corrected chi connectivity index (χ0v) is 44.2. The van der Waals surface area contributed by atoms with Crippen molar-refractivity contribution in [1.29, 1.82) is 0 Å². The molecule has 0 saturated carbocycles. The van der Waals surface area contributed by atoms with Gasteiger partial charge in [-0.1, -0.05) is 239 Å². The zero-order chi connectivity index (χ0) is 49.7. The summed E-state index contributed by atoms with van der Waals surface area (Å²) in [4.78, 5) is 25.6. The van der Waals surface area contributed by atoms with Crippen molar-refractivity contribution in [1.82, 2.24) is 10.6 Å². The topological polar surface area (TPSA) is 204 Å². The Morgan fingerprint density at radius 2 is 0.868 bits per heavy atom. The van der Waals surface area contributed by atoms with Gasteiger partial charge in [0.25, 0.3) is 0 Å². The number of hydrogen-bond donors (Lipinski definition) is 8. The largest absolute Gasteiger partial charge is 0.390 e. The fourth-order valence-corrected chi connectivity index (χ4v) is 9.54. The molecule has 12 heteroatoms. The molecule has 0 radical (unpaired) electrons. The normalized spacial score (nSPS) is 19.8. The number of amides is 2. The Labute approximate surface area is 417 Å². The van der Waals surface area contributed by atoms with Crippen LogP contribution in [0.15, 0.2) is 0 Å². The molecule has 1 rings (SSSR count). The molecule has 0 aromatic heterocycles. The van der Waals surface area contributed by atoms with Crippen LogP contribution in [0, 0.1) is 0 Å². The highest BCUT2D eigenvalue weighted by Crippen LogP contribution is 2.24. The molecule has 404 valence electrons. The van der Waals surface area contributed by atoms with Gasteiger partial charge < -0.3 is 51.4 Å². The van der Waals surface area contributed by atoms with Crippen LogP contribution in [0.3, 0.4) is 0 Å². The van der Waals surface area contributed by atoms with Crippen molar-refractivity contribution in [3.63, 3.8) is 0 Å². The highest BCUT2D eigenvalue weighted by atomic mass is 16.7. The maximum Gasteiger partial charge on any atom is 0.220 e. The van der Waals surface area contributed by atoms with Crippen LogP contribution < -0.4 is 16.4 Å². The molecule has 1 aliphatic rings. The fraction of sp³-hybridized carbons (Fsp3) is 0.964. The van der Waals surface area contributed by atoms with E-state index in [9.17, 15) is 35.1 Å². The van der Waals surface area contributed by atoms with Crippen molar-refractivity contribution in [2.24, 2.45) is 5.73 Å². The fourth-order valence-electron chi connectivity index (χ4n) is 9.54. The first-order valence-corrected chi connectivity index (χ1v) is 29.1. The molecule has 0 aromatic carbocycles. The molecule has 1 fully saturated rings. The SMILES string of the molecule is CCCCCCCCCCCCCCCCCCCCCCCCCC(=O)N[C@@H](COC1OC(CNC(=O)CCCCCN)C(O)C(O)C1O)C(O)[C@H](O)CCCCCCCCCCCCCC. The minimum atomic E-state index is -1.62. The van der Waals surface area contributed by atoms with Crippen LogP contribution in [0.4, 0.5) is 0 Å². The van der Waals surface area contributed by atoms with E-state index in [1.807, 2.05) is 0 Å². The van der Waals surface area contributed by atoms with Gasteiger partial charge in [0.2, 0.25) is 11.8 Å². The molecule has 12 nitrogen and oxygen atoms in total. The van der Waals surface area contributed by atoms with E-state index < -0.39 is 49.0 Å². The Morgan fingerprint density at radius 3 is 1.28 bits per heavy atom. The van der Waals surface area contributed by atoms with Gasteiger partial charge in [0, 0.05) is 19.4 Å². The average Bonchev–Trinajstić information content (AvgIpc) is 3.33. The Bertz CT molecular complexity index is 1120. The second-order valence-electron chi connectivity index (χ2n) is 20.7. The molecular weight excluding hydrogens is 859 g/mol. The average molecular weight is 971 g/mol. The lowest BCUT2D eigenvalue weighted by atomic mass is 9.98. The summed E-state index contributed by atoms with van der Waals surface area (Å²) < 4.78 is 11.7. The summed E-state index contributed by atoms with van der Waals surface area (Å²) in [6, 6.07) is -1.01. The van der Waals surface area contributed by atoms with Gasteiger partial charge in [0.1, 0.15) is 30.5 Å². The van der Waals surface area contributed by atoms with Gasteiger partial charge in [-0.05, 0) is 32.2 Å². The van der Waals surface area contributed by atoms with Crippen LogP contribution in [0.1, 0.15) is 277 Å². The van der Waals surface area contributed by atoms with E-state index in [1.165, 1.54) is 173 Å². The lowest BCUT2D eigenvalue weighted by molar-refractivity contribution is -0.297. The van der Waals surface area contributed by atoms with E-state index in [4.69, 9.17) is 15.2 Å². The standard InChI is InChI=1S/C56H111N3O9/c1-3-5-7-9-11-13-15-17-18-19-20-21-22-23-24-25-26-27-29-31-33-35-38-43-51(62)59-47(52(63)48(60)41-37-34-32-30-28-16-14-12-10-8-6-4-2)46-67-56-55(66)54(65)53(64)49(68-56)45-58-50(61)42-39-36-40-44-57/h47-49,52-56,60,63-66H,3-46,57H2,1-2H3,(H,58,61)(H,59,62)/t47-,48+,49?,52?,53?,54?,55?,56?/m0/s1. The van der Waals surface area contributed by atoms with Crippen LogP contribution in [-0.2, 0) is 19.1 Å². The maximum absolute atomic E-state index is 13.2. The number of carbonyl (C=O) groups excluding carboxylic acids is 2.